The molecule has 0 bridgehead atoms. The molecule has 0 unspecified atom stereocenters. The molecule has 0 saturated carbocycles. The molecule has 1 amide bonds. The second-order valence-electron chi connectivity index (χ2n) is 4.39. The molecule has 0 radical (unpaired) electrons. The van der Waals surface area contributed by atoms with Gasteiger partial charge in [-0.25, -0.2) is 0 Å². The van der Waals surface area contributed by atoms with Gasteiger partial charge in [-0.15, -0.1) is 0 Å². The number of nitrogens with zero attached hydrogens (tertiary/aromatic N) is 2. The van der Waals surface area contributed by atoms with Crippen LogP contribution in [0.5, 0.6) is 5.75 Å². The zero-order valence-corrected chi connectivity index (χ0v) is 12.9. The van der Waals surface area contributed by atoms with E-state index >= 15 is 0 Å². The van der Waals surface area contributed by atoms with Crippen LogP contribution in [0.25, 0.3) is 0 Å². The molecule has 2 aromatic rings. The van der Waals surface area contributed by atoms with Crippen molar-refractivity contribution in [3.8, 4) is 5.75 Å². The van der Waals surface area contributed by atoms with Gasteiger partial charge in [-0.05, 0) is 30.3 Å². The highest BCUT2D eigenvalue weighted by molar-refractivity contribution is 6.31. The van der Waals surface area contributed by atoms with Crippen molar-refractivity contribution >= 4 is 29.1 Å². The van der Waals surface area contributed by atoms with Gasteiger partial charge < -0.3 is 9.64 Å². The lowest BCUT2D eigenvalue weighted by molar-refractivity contribution is 0.0768. The van der Waals surface area contributed by atoms with Crippen LogP contribution in [0.15, 0.2) is 42.6 Å². The fraction of sp³-hybridized carbons (Fsp3) is 0.200. The third-order valence-electron chi connectivity index (χ3n) is 2.78. The first kappa shape index (κ1) is 15.6. The number of pyridine rings is 1. The summed E-state index contributed by atoms with van der Waals surface area (Å²) in [4.78, 5) is 17.7. The van der Waals surface area contributed by atoms with Crippen LogP contribution in [0.4, 0.5) is 0 Å². The fourth-order valence-electron chi connectivity index (χ4n) is 1.68. The molecular formula is C15H14Cl2N2O2. The van der Waals surface area contributed by atoms with Crippen molar-refractivity contribution in [3.05, 3.63) is 58.3 Å². The summed E-state index contributed by atoms with van der Waals surface area (Å²) in [6.07, 6.45) is 1.51. The van der Waals surface area contributed by atoms with E-state index in [-0.39, 0.29) is 5.91 Å². The van der Waals surface area contributed by atoms with Crippen LogP contribution in [0.1, 0.15) is 10.5 Å². The zero-order chi connectivity index (χ0) is 15.2. The van der Waals surface area contributed by atoms with E-state index in [4.69, 9.17) is 27.9 Å². The molecule has 4 nitrogen and oxygen atoms in total. The predicted molar refractivity (Wildman–Crippen MR) is 83.2 cm³/mol. The van der Waals surface area contributed by atoms with Crippen molar-refractivity contribution in [2.75, 3.05) is 20.2 Å². The standard InChI is InChI=1S/C15H14Cl2N2O2/c1-19(15(20)14-10-12(17)5-6-18-14)7-8-21-13-4-2-3-11(16)9-13/h2-6,9-10H,7-8H2,1H3. The normalized spacial score (nSPS) is 10.2. The summed E-state index contributed by atoms with van der Waals surface area (Å²) >= 11 is 11.7. The van der Waals surface area contributed by atoms with Crippen molar-refractivity contribution in [3.63, 3.8) is 0 Å². The molecule has 1 aromatic heterocycles. The Labute approximate surface area is 133 Å². The summed E-state index contributed by atoms with van der Waals surface area (Å²) in [5, 5.41) is 1.09. The third kappa shape index (κ3) is 4.62. The van der Waals surface area contributed by atoms with Crippen LogP contribution in [0, 0.1) is 0 Å². The summed E-state index contributed by atoms with van der Waals surface area (Å²) in [7, 11) is 1.69. The summed E-state index contributed by atoms with van der Waals surface area (Å²) in [5.74, 6) is 0.469. The smallest absolute Gasteiger partial charge is 0.272 e. The number of halogens is 2. The predicted octanol–water partition coefficient (Wildman–Crippen LogP) is 3.54. The van der Waals surface area contributed by atoms with Gasteiger partial charge in [0.15, 0.2) is 0 Å². The van der Waals surface area contributed by atoms with Crippen molar-refractivity contribution in [1.29, 1.82) is 0 Å². The van der Waals surface area contributed by atoms with Gasteiger partial charge in [-0.2, -0.15) is 0 Å². The molecule has 0 aliphatic rings. The number of likely N-dealkylation sites (N-methyl/N-ethyl adjacent to an activating group) is 1. The molecule has 0 aliphatic carbocycles. The third-order valence-corrected chi connectivity index (χ3v) is 3.25. The molecule has 0 N–H and O–H groups in total. The lowest BCUT2D eigenvalue weighted by Gasteiger charge is -2.17. The van der Waals surface area contributed by atoms with Gasteiger partial charge >= 0.3 is 0 Å². The first-order valence-corrected chi connectivity index (χ1v) is 7.07. The van der Waals surface area contributed by atoms with Gasteiger partial charge in [0.05, 0.1) is 6.54 Å². The topological polar surface area (TPSA) is 42.4 Å². The second kappa shape index (κ2) is 7.29. The Hall–Kier alpha value is -1.78. The molecule has 2 rings (SSSR count). The average Bonchev–Trinajstić information content (AvgIpc) is 2.46. The molecule has 6 heteroatoms. The van der Waals surface area contributed by atoms with E-state index in [0.29, 0.717) is 34.6 Å². The monoisotopic (exact) mass is 324 g/mol. The molecule has 21 heavy (non-hydrogen) atoms. The first-order chi connectivity index (χ1) is 10.1. The molecule has 0 fully saturated rings. The molecule has 0 spiro atoms. The molecular weight excluding hydrogens is 311 g/mol. The van der Waals surface area contributed by atoms with Crippen molar-refractivity contribution in [2.45, 2.75) is 0 Å². The highest BCUT2D eigenvalue weighted by atomic mass is 35.5. The molecule has 1 aromatic carbocycles. The maximum atomic E-state index is 12.1. The molecule has 110 valence electrons. The summed E-state index contributed by atoms with van der Waals surface area (Å²) in [6, 6.07) is 10.3. The Balaban J connectivity index is 1.87. The second-order valence-corrected chi connectivity index (χ2v) is 5.26. The Bertz CT molecular complexity index is 635. The van der Waals surface area contributed by atoms with Gasteiger partial charge in [-0.1, -0.05) is 29.3 Å². The number of hydrogen-bond donors (Lipinski definition) is 0. The lowest BCUT2D eigenvalue weighted by Crippen LogP contribution is -2.31. The van der Waals surface area contributed by atoms with Gasteiger partial charge in [0.2, 0.25) is 0 Å². The largest absolute Gasteiger partial charge is 0.492 e. The highest BCUT2D eigenvalue weighted by Gasteiger charge is 2.13. The zero-order valence-electron chi connectivity index (χ0n) is 11.4. The number of carbonyl (C=O) groups excluding carboxylic acids is 1. The molecule has 0 saturated heterocycles. The van der Waals surface area contributed by atoms with E-state index in [9.17, 15) is 4.79 Å². The van der Waals surface area contributed by atoms with Crippen LogP contribution in [0.3, 0.4) is 0 Å². The van der Waals surface area contributed by atoms with E-state index in [2.05, 4.69) is 4.98 Å². The van der Waals surface area contributed by atoms with Crippen LogP contribution < -0.4 is 4.74 Å². The maximum Gasteiger partial charge on any atom is 0.272 e. The van der Waals surface area contributed by atoms with E-state index in [1.165, 1.54) is 17.2 Å². The lowest BCUT2D eigenvalue weighted by atomic mass is 10.3. The van der Waals surface area contributed by atoms with Gasteiger partial charge in [0.1, 0.15) is 18.1 Å². The Morgan fingerprint density at radius 3 is 2.71 bits per heavy atom. The van der Waals surface area contributed by atoms with Gasteiger partial charge in [0, 0.05) is 23.3 Å². The number of hydrogen-bond acceptors (Lipinski definition) is 3. The van der Waals surface area contributed by atoms with Crippen molar-refractivity contribution in [2.24, 2.45) is 0 Å². The highest BCUT2D eigenvalue weighted by Crippen LogP contribution is 2.17. The Morgan fingerprint density at radius 1 is 1.24 bits per heavy atom. The number of rotatable bonds is 5. The number of ether oxygens (including phenoxy) is 1. The SMILES string of the molecule is CN(CCOc1cccc(Cl)c1)C(=O)c1cc(Cl)ccn1. The minimum absolute atomic E-state index is 0.202. The Kier molecular flexibility index (Phi) is 5.42. The number of carbonyl (C=O) groups is 1. The summed E-state index contributed by atoms with van der Waals surface area (Å²) < 4.78 is 5.54. The van der Waals surface area contributed by atoms with Crippen LogP contribution in [-0.4, -0.2) is 36.0 Å². The quantitative estimate of drug-likeness (QED) is 0.844. The van der Waals surface area contributed by atoms with Crippen LogP contribution >= 0.6 is 23.2 Å². The van der Waals surface area contributed by atoms with E-state index < -0.39 is 0 Å². The number of aromatic nitrogens is 1. The minimum atomic E-state index is -0.202. The Morgan fingerprint density at radius 2 is 2.00 bits per heavy atom. The fourth-order valence-corrected chi connectivity index (χ4v) is 2.02. The van der Waals surface area contributed by atoms with Crippen molar-refractivity contribution in [1.82, 2.24) is 9.88 Å². The van der Waals surface area contributed by atoms with E-state index in [0.717, 1.165) is 0 Å². The summed E-state index contributed by atoms with van der Waals surface area (Å²) in [6.45, 7) is 0.794. The van der Waals surface area contributed by atoms with Gasteiger partial charge in [0.25, 0.3) is 5.91 Å². The minimum Gasteiger partial charge on any atom is -0.492 e. The first-order valence-electron chi connectivity index (χ1n) is 6.31. The molecule has 0 aliphatic heterocycles. The maximum absolute atomic E-state index is 12.1. The van der Waals surface area contributed by atoms with E-state index in [1.807, 2.05) is 12.1 Å². The number of benzene rings is 1. The number of amides is 1. The summed E-state index contributed by atoms with van der Waals surface area (Å²) in [5.41, 5.74) is 0.313. The molecule has 0 atom stereocenters. The van der Waals surface area contributed by atoms with Gasteiger partial charge in [-0.3, -0.25) is 9.78 Å². The van der Waals surface area contributed by atoms with Crippen LogP contribution in [0.2, 0.25) is 10.0 Å². The van der Waals surface area contributed by atoms with E-state index in [1.54, 1.807) is 25.2 Å². The van der Waals surface area contributed by atoms with Crippen molar-refractivity contribution < 1.29 is 9.53 Å². The average molecular weight is 325 g/mol. The van der Waals surface area contributed by atoms with Crippen LogP contribution in [-0.2, 0) is 0 Å². The molecule has 1 heterocycles.